The van der Waals surface area contributed by atoms with Gasteiger partial charge in [-0.2, -0.15) is 0 Å². The number of hydrogen-bond donors (Lipinski definition) is 1. The van der Waals surface area contributed by atoms with E-state index in [1.165, 1.54) is 0 Å². The highest BCUT2D eigenvalue weighted by molar-refractivity contribution is 7.91. The maximum Gasteiger partial charge on any atom is 0.244 e. The lowest BCUT2D eigenvalue weighted by molar-refractivity contribution is 0.399. The van der Waals surface area contributed by atoms with Crippen molar-refractivity contribution in [2.24, 2.45) is 5.92 Å². The summed E-state index contributed by atoms with van der Waals surface area (Å²) >= 11 is 0. The first-order valence-corrected chi connectivity index (χ1v) is 9.84. The van der Waals surface area contributed by atoms with Gasteiger partial charge < -0.3 is 0 Å². The zero-order chi connectivity index (χ0) is 16.1. The summed E-state index contributed by atoms with van der Waals surface area (Å²) in [6, 6.07) is 2.76. The lowest BCUT2D eigenvalue weighted by atomic mass is 10.0. The van der Waals surface area contributed by atoms with E-state index in [9.17, 15) is 21.2 Å². The third-order valence-corrected chi connectivity index (χ3v) is 6.41. The SMILES string of the molecule is CC(C)(NS(=O)(=O)c1cc(S(C)(=O)=O)ccc1F)C1CC1. The molecule has 8 heteroatoms. The minimum absolute atomic E-state index is 0.216. The standard InChI is InChI=1S/C13H18FNO4S2/c1-13(2,9-4-5-9)15-21(18,19)12-8-10(20(3,16)17)6-7-11(12)14/h6-9,15H,4-5H2,1-3H3. The maximum atomic E-state index is 13.8. The van der Waals surface area contributed by atoms with Crippen molar-refractivity contribution in [2.75, 3.05) is 6.26 Å². The molecule has 0 atom stereocenters. The van der Waals surface area contributed by atoms with E-state index in [-0.39, 0.29) is 10.8 Å². The van der Waals surface area contributed by atoms with Crippen molar-refractivity contribution >= 4 is 19.9 Å². The molecule has 118 valence electrons. The molecule has 1 aliphatic rings. The molecule has 0 radical (unpaired) electrons. The number of hydrogen-bond acceptors (Lipinski definition) is 4. The van der Waals surface area contributed by atoms with E-state index < -0.39 is 36.1 Å². The fourth-order valence-electron chi connectivity index (χ4n) is 2.21. The Kier molecular flexibility index (Phi) is 3.92. The molecule has 0 spiro atoms. The Morgan fingerprint density at radius 1 is 1.19 bits per heavy atom. The highest BCUT2D eigenvalue weighted by Crippen LogP contribution is 2.40. The molecule has 21 heavy (non-hydrogen) atoms. The first kappa shape index (κ1) is 16.4. The number of sulfone groups is 1. The molecule has 2 rings (SSSR count). The molecule has 1 aromatic rings. The summed E-state index contributed by atoms with van der Waals surface area (Å²) in [4.78, 5) is -0.868. The van der Waals surface area contributed by atoms with Crippen LogP contribution in [0.1, 0.15) is 26.7 Å². The largest absolute Gasteiger partial charge is 0.244 e. The molecule has 0 aliphatic heterocycles. The van der Waals surface area contributed by atoms with E-state index in [1.54, 1.807) is 13.8 Å². The molecule has 0 amide bonds. The molecule has 5 nitrogen and oxygen atoms in total. The van der Waals surface area contributed by atoms with Crippen LogP contribution in [-0.4, -0.2) is 28.6 Å². The van der Waals surface area contributed by atoms with Gasteiger partial charge in [-0.15, -0.1) is 0 Å². The molecule has 1 fully saturated rings. The molecule has 0 aromatic heterocycles. The van der Waals surface area contributed by atoms with Gasteiger partial charge in [-0.3, -0.25) is 0 Å². The zero-order valence-corrected chi connectivity index (χ0v) is 13.7. The average Bonchev–Trinajstić information content (AvgIpc) is 3.09. The van der Waals surface area contributed by atoms with Crippen LogP contribution in [0.2, 0.25) is 0 Å². The number of rotatable bonds is 5. The Hall–Kier alpha value is -0.990. The Morgan fingerprint density at radius 2 is 1.76 bits per heavy atom. The summed E-state index contributed by atoms with van der Waals surface area (Å²) in [5, 5.41) is 0. The first-order chi connectivity index (χ1) is 9.43. The van der Waals surface area contributed by atoms with Crippen molar-refractivity contribution in [3.8, 4) is 0 Å². The first-order valence-electron chi connectivity index (χ1n) is 6.47. The third kappa shape index (κ3) is 3.61. The van der Waals surface area contributed by atoms with Gasteiger partial charge in [0, 0.05) is 11.8 Å². The van der Waals surface area contributed by atoms with Gasteiger partial charge in [0.25, 0.3) is 0 Å². The molecule has 0 unspecified atom stereocenters. The summed E-state index contributed by atoms with van der Waals surface area (Å²) in [5.41, 5.74) is -0.688. The van der Waals surface area contributed by atoms with Crippen LogP contribution in [0.15, 0.2) is 28.0 Å². The smallest absolute Gasteiger partial charge is 0.224 e. The lowest BCUT2D eigenvalue weighted by Crippen LogP contribution is -2.45. The van der Waals surface area contributed by atoms with Crippen LogP contribution in [0.25, 0.3) is 0 Å². The predicted molar refractivity (Wildman–Crippen MR) is 76.6 cm³/mol. The van der Waals surface area contributed by atoms with Gasteiger partial charge in [-0.25, -0.2) is 25.9 Å². The second-order valence-electron chi connectivity index (χ2n) is 5.97. The number of sulfonamides is 1. The van der Waals surface area contributed by atoms with E-state index in [2.05, 4.69) is 4.72 Å². The molecule has 0 saturated heterocycles. The summed E-state index contributed by atoms with van der Waals surface area (Å²) in [5.74, 6) is -0.755. The van der Waals surface area contributed by atoms with E-state index >= 15 is 0 Å². The summed E-state index contributed by atoms with van der Waals surface area (Å²) in [6.07, 6.45) is 2.78. The molecular formula is C13H18FNO4S2. The molecule has 1 aliphatic carbocycles. The zero-order valence-electron chi connectivity index (χ0n) is 12.1. The number of halogens is 1. The Balaban J connectivity index is 2.44. The van der Waals surface area contributed by atoms with E-state index in [0.717, 1.165) is 37.3 Å². The van der Waals surface area contributed by atoms with Crippen LogP contribution in [0.3, 0.4) is 0 Å². The van der Waals surface area contributed by atoms with Crippen LogP contribution >= 0.6 is 0 Å². The second kappa shape index (κ2) is 5.03. The van der Waals surface area contributed by atoms with Gasteiger partial charge in [0.05, 0.1) is 4.90 Å². The molecule has 1 aromatic carbocycles. The topological polar surface area (TPSA) is 80.3 Å². The van der Waals surface area contributed by atoms with Crippen molar-refractivity contribution in [1.82, 2.24) is 4.72 Å². The normalized spacial score (nSPS) is 17.0. The van der Waals surface area contributed by atoms with Gasteiger partial charge in [-0.1, -0.05) is 0 Å². The lowest BCUT2D eigenvalue weighted by Gasteiger charge is -2.26. The van der Waals surface area contributed by atoms with Crippen LogP contribution in [0.5, 0.6) is 0 Å². The molecule has 1 N–H and O–H groups in total. The summed E-state index contributed by atoms with van der Waals surface area (Å²) < 4.78 is 63.9. The predicted octanol–water partition coefficient (Wildman–Crippen LogP) is 1.70. The van der Waals surface area contributed by atoms with E-state index in [0.29, 0.717) is 0 Å². The van der Waals surface area contributed by atoms with Crippen molar-refractivity contribution in [3.05, 3.63) is 24.0 Å². The highest BCUT2D eigenvalue weighted by atomic mass is 32.2. The molecule has 0 bridgehead atoms. The summed E-state index contributed by atoms with van der Waals surface area (Å²) in [6.45, 7) is 3.47. The minimum atomic E-state index is -4.13. The number of benzene rings is 1. The second-order valence-corrected chi connectivity index (χ2v) is 9.63. The van der Waals surface area contributed by atoms with Crippen LogP contribution in [0, 0.1) is 11.7 Å². The highest BCUT2D eigenvalue weighted by Gasteiger charge is 2.41. The molecular weight excluding hydrogens is 317 g/mol. The number of nitrogens with one attached hydrogen (secondary N) is 1. The fraction of sp³-hybridized carbons (Fsp3) is 0.538. The molecule has 0 heterocycles. The Morgan fingerprint density at radius 3 is 2.24 bits per heavy atom. The van der Waals surface area contributed by atoms with E-state index in [4.69, 9.17) is 0 Å². The van der Waals surface area contributed by atoms with Gasteiger partial charge in [0.2, 0.25) is 10.0 Å². The van der Waals surface area contributed by atoms with E-state index in [1.807, 2.05) is 0 Å². The van der Waals surface area contributed by atoms with Gasteiger partial charge in [0.15, 0.2) is 9.84 Å². The Bertz CT molecular complexity index is 765. The van der Waals surface area contributed by atoms with Crippen LogP contribution < -0.4 is 4.72 Å². The van der Waals surface area contributed by atoms with Gasteiger partial charge >= 0.3 is 0 Å². The quantitative estimate of drug-likeness (QED) is 0.831. The van der Waals surface area contributed by atoms with Gasteiger partial charge in [-0.05, 0) is 50.8 Å². The Labute approximate surface area is 124 Å². The third-order valence-electron chi connectivity index (χ3n) is 3.62. The van der Waals surface area contributed by atoms with Gasteiger partial charge in [0.1, 0.15) is 10.7 Å². The maximum absolute atomic E-state index is 13.8. The van der Waals surface area contributed by atoms with Crippen molar-refractivity contribution < 1.29 is 21.2 Å². The fourth-order valence-corrected chi connectivity index (χ4v) is 4.51. The molecule has 1 saturated carbocycles. The van der Waals surface area contributed by atoms with Crippen LogP contribution in [0.4, 0.5) is 4.39 Å². The monoisotopic (exact) mass is 335 g/mol. The van der Waals surface area contributed by atoms with Crippen molar-refractivity contribution in [3.63, 3.8) is 0 Å². The average molecular weight is 335 g/mol. The minimum Gasteiger partial charge on any atom is -0.224 e. The van der Waals surface area contributed by atoms with Crippen LogP contribution in [-0.2, 0) is 19.9 Å². The summed E-state index contributed by atoms with van der Waals surface area (Å²) in [7, 11) is -7.73. The van der Waals surface area contributed by atoms with Crippen molar-refractivity contribution in [1.29, 1.82) is 0 Å². The van der Waals surface area contributed by atoms with Crippen molar-refractivity contribution in [2.45, 2.75) is 42.0 Å².